The lowest BCUT2D eigenvalue weighted by Crippen LogP contribution is -2.45. The van der Waals surface area contributed by atoms with Gasteiger partial charge in [0.2, 0.25) is 15.9 Å². The molecular weight excluding hydrogens is 372 g/mol. The standard InChI is InChI=1S/C19H23ClN2O3S/c1-12-6-9-18(14(3)10-12)21-19(23)15(4)22(26(5,24)25)16-8-7-13(2)17(20)11-16/h6-11,15H,1-5H3,(H,21,23). The van der Waals surface area contributed by atoms with Crippen molar-refractivity contribution >= 4 is 38.9 Å². The van der Waals surface area contributed by atoms with Crippen LogP contribution in [-0.4, -0.2) is 26.6 Å². The van der Waals surface area contributed by atoms with Crippen molar-refractivity contribution in [1.29, 1.82) is 0 Å². The van der Waals surface area contributed by atoms with Crippen LogP contribution in [0, 0.1) is 20.8 Å². The van der Waals surface area contributed by atoms with Crippen molar-refractivity contribution in [2.45, 2.75) is 33.7 Å². The molecule has 7 heteroatoms. The third-order valence-corrected chi connectivity index (χ3v) is 5.79. The Hall–Kier alpha value is -2.05. The van der Waals surface area contributed by atoms with E-state index in [1.54, 1.807) is 25.1 Å². The summed E-state index contributed by atoms with van der Waals surface area (Å²) in [6.07, 6.45) is 1.07. The summed E-state index contributed by atoms with van der Waals surface area (Å²) in [6, 6.07) is 9.63. The molecule has 0 spiro atoms. The van der Waals surface area contributed by atoms with Crippen LogP contribution in [-0.2, 0) is 14.8 Å². The molecule has 0 saturated carbocycles. The Morgan fingerprint density at radius 2 is 1.73 bits per heavy atom. The molecule has 0 heterocycles. The number of carbonyl (C=O) groups is 1. The van der Waals surface area contributed by atoms with Gasteiger partial charge in [-0.25, -0.2) is 8.42 Å². The minimum absolute atomic E-state index is 0.353. The first kappa shape index (κ1) is 20.3. The highest BCUT2D eigenvalue weighted by atomic mass is 35.5. The fraction of sp³-hybridized carbons (Fsp3) is 0.316. The van der Waals surface area contributed by atoms with Crippen LogP contribution in [0.25, 0.3) is 0 Å². The summed E-state index contributed by atoms with van der Waals surface area (Å²) < 4.78 is 25.8. The van der Waals surface area contributed by atoms with Gasteiger partial charge in [-0.15, -0.1) is 0 Å². The third-order valence-electron chi connectivity index (χ3n) is 4.14. The molecule has 0 aliphatic rings. The summed E-state index contributed by atoms with van der Waals surface area (Å²) in [5, 5.41) is 3.25. The maximum Gasteiger partial charge on any atom is 0.248 e. The van der Waals surface area contributed by atoms with Gasteiger partial charge in [0.15, 0.2) is 0 Å². The molecule has 26 heavy (non-hydrogen) atoms. The topological polar surface area (TPSA) is 66.5 Å². The summed E-state index contributed by atoms with van der Waals surface area (Å²) in [5.74, 6) is -0.418. The normalized spacial score (nSPS) is 12.5. The first-order chi connectivity index (χ1) is 12.0. The predicted molar refractivity (Wildman–Crippen MR) is 108 cm³/mol. The number of halogens is 1. The quantitative estimate of drug-likeness (QED) is 0.831. The van der Waals surface area contributed by atoms with Crippen LogP contribution in [0.4, 0.5) is 11.4 Å². The number of hydrogen-bond acceptors (Lipinski definition) is 3. The number of anilines is 2. The van der Waals surface area contributed by atoms with Crippen LogP contribution >= 0.6 is 11.6 Å². The minimum atomic E-state index is -3.69. The van der Waals surface area contributed by atoms with E-state index in [-0.39, 0.29) is 0 Å². The molecule has 1 unspecified atom stereocenters. The second kappa shape index (κ2) is 7.68. The van der Waals surface area contributed by atoms with Crippen molar-refractivity contribution in [2.24, 2.45) is 0 Å². The molecule has 0 radical (unpaired) electrons. The largest absolute Gasteiger partial charge is 0.324 e. The summed E-state index contributed by atoms with van der Waals surface area (Å²) in [4.78, 5) is 12.7. The lowest BCUT2D eigenvalue weighted by molar-refractivity contribution is -0.116. The number of aryl methyl sites for hydroxylation is 3. The van der Waals surface area contributed by atoms with Gasteiger partial charge in [-0.3, -0.25) is 9.10 Å². The van der Waals surface area contributed by atoms with Gasteiger partial charge in [-0.2, -0.15) is 0 Å². The van der Waals surface area contributed by atoms with Gasteiger partial charge < -0.3 is 5.32 Å². The SMILES string of the molecule is Cc1ccc(NC(=O)C(C)N(c2ccc(C)c(Cl)c2)S(C)(=O)=O)c(C)c1. The number of rotatable bonds is 5. The predicted octanol–water partition coefficient (Wildman–Crippen LogP) is 4.06. The van der Waals surface area contributed by atoms with Gasteiger partial charge >= 0.3 is 0 Å². The second-order valence-electron chi connectivity index (χ2n) is 6.48. The molecule has 1 N–H and O–H groups in total. The van der Waals surface area contributed by atoms with Gasteiger partial charge in [-0.1, -0.05) is 35.4 Å². The van der Waals surface area contributed by atoms with Gasteiger partial charge in [0.25, 0.3) is 0 Å². The van der Waals surface area contributed by atoms with Crippen LogP contribution in [0.5, 0.6) is 0 Å². The van der Waals surface area contributed by atoms with Crippen LogP contribution in [0.1, 0.15) is 23.6 Å². The number of nitrogens with one attached hydrogen (secondary N) is 1. The van der Waals surface area contributed by atoms with E-state index < -0.39 is 22.0 Å². The van der Waals surface area contributed by atoms with Crippen molar-refractivity contribution < 1.29 is 13.2 Å². The Morgan fingerprint density at radius 3 is 2.27 bits per heavy atom. The van der Waals surface area contributed by atoms with Crippen LogP contribution in [0.15, 0.2) is 36.4 Å². The maximum atomic E-state index is 12.7. The van der Waals surface area contributed by atoms with Crippen molar-refractivity contribution in [3.05, 3.63) is 58.1 Å². The summed E-state index contributed by atoms with van der Waals surface area (Å²) >= 11 is 6.14. The molecule has 0 aromatic heterocycles. The zero-order chi connectivity index (χ0) is 19.6. The van der Waals surface area contributed by atoms with E-state index in [2.05, 4.69) is 5.32 Å². The van der Waals surface area contributed by atoms with Gasteiger partial charge in [0.05, 0.1) is 11.9 Å². The lowest BCUT2D eigenvalue weighted by Gasteiger charge is -2.28. The smallest absolute Gasteiger partial charge is 0.248 e. The van der Waals surface area contributed by atoms with Crippen LogP contribution < -0.4 is 9.62 Å². The first-order valence-electron chi connectivity index (χ1n) is 8.14. The van der Waals surface area contributed by atoms with E-state index in [1.807, 2.05) is 39.0 Å². The Labute approximate surface area is 160 Å². The first-order valence-corrected chi connectivity index (χ1v) is 10.4. The Morgan fingerprint density at radius 1 is 1.08 bits per heavy atom. The highest BCUT2D eigenvalue weighted by molar-refractivity contribution is 7.92. The highest BCUT2D eigenvalue weighted by Gasteiger charge is 2.29. The summed E-state index contributed by atoms with van der Waals surface area (Å²) in [5.41, 5.74) is 3.83. The molecule has 1 atom stereocenters. The van der Waals surface area contributed by atoms with E-state index >= 15 is 0 Å². The number of benzene rings is 2. The molecular formula is C19H23ClN2O3S. The molecule has 0 bridgehead atoms. The summed E-state index contributed by atoms with van der Waals surface area (Å²) in [7, 11) is -3.69. The monoisotopic (exact) mass is 394 g/mol. The van der Waals surface area contributed by atoms with Crippen LogP contribution in [0.3, 0.4) is 0 Å². The Kier molecular flexibility index (Phi) is 5.98. The van der Waals surface area contributed by atoms with E-state index in [0.717, 1.165) is 27.3 Å². The molecule has 2 rings (SSSR count). The number of sulfonamides is 1. The number of nitrogens with zero attached hydrogens (tertiary/aromatic N) is 1. The number of carbonyl (C=O) groups excluding carboxylic acids is 1. The molecule has 0 aliphatic carbocycles. The van der Waals surface area contributed by atoms with Gasteiger partial charge in [0.1, 0.15) is 6.04 Å². The van der Waals surface area contributed by atoms with Crippen LogP contribution in [0.2, 0.25) is 5.02 Å². The van der Waals surface area contributed by atoms with Crippen molar-refractivity contribution in [3.63, 3.8) is 0 Å². The molecule has 2 aromatic rings. The van der Waals surface area contributed by atoms with Crippen molar-refractivity contribution in [1.82, 2.24) is 0 Å². The molecule has 1 amide bonds. The van der Waals surface area contributed by atoms with E-state index in [1.165, 1.54) is 0 Å². The zero-order valence-corrected chi connectivity index (χ0v) is 17.1. The van der Waals surface area contributed by atoms with E-state index in [0.29, 0.717) is 16.4 Å². The second-order valence-corrected chi connectivity index (χ2v) is 8.74. The Bertz CT molecular complexity index is 942. The van der Waals surface area contributed by atoms with Crippen molar-refractivity contribution in [3.8, 4) is 0 Å². The Balaban J connectivity index is 2.35. The highest BCUT2D eigenvalue weighted by Crippen LogP contribution is 2.27. The van der Waals surface area contributed by atoms with Gasteiger partial charge in [0, 0.05) is 10.7 Å². The zero-order valence-electron chi connectivity index (χ0n) is 15.5. The summed E-state index contributed by atoms with van der Waals surface area (Å²) in [6.45, 7) is 7.23. The number of amides is 1. The molecule has 2 aromatic carbocycles. The van der Waals surface area contributed by atoms with Gasteiger partial charge in [-0.05, 0) is 57.0 Å². The average molecular weight is 395 g/mol. The molecule has 140 valence electrons. The van der Waals surface area contributed by atoms with E-state index in [4.69, 9.17) is 11.6 Å². The number of hydrogen-bond donors (Lipinski definition) is 1. The van der Waals surface area contributed by atoms with E-state index in [9.17, 15) is 13.2 Å². The average Bonchev–Trinajstić information content (AvgIpc) is 2.52. The maximum absolute atomic E-state index is 12.7. The molecule has 0 aliphatic heterocycles. The fourth-order valence-electron chi connectivity index (χ4n) is 2.72. The fourth-order valence-corrected chi connectivity index (χ4v) is 4.06. The molecule has 5 nitrogen and oxygen atoms in total. The molecule has 0 saturated heterocycles. The van der Waals surface area contributed by atoms with Crippen molar-refractivity contribution in [2.75, 3.05) is 15.9 Å². The third kappa shape index (κ3) is 4.56. The lowest BCUT2D eigenvalue weighted by atomic mass is 10.1. The minimum Gasteiger partial charge on any atom is -0.324 e. The molecule has 0 fully saturated rings.